The van der Waals surface area contributed by atoms with Crippen LogP contribution in [0.2, 0.25) is 4.82 Å². The van der Waals surface area contributed by atoms with Crippen molar-refractivity contribution in [2.24, 2.45) is 0 Å². The molecule has 0 bridgehead atoms. The van der Waals surface area contributed by atoms with Gasteiger partial charge in [-0.15, -0.1) is 0 Å². The first kappa shape index (κ1) is 17.3. The Morgan fingerprint density at radius 2 is 1.90 bits per heavy atom. The molecule has 20 heavy (non-hydrogen) atoms. The summed E-state index contributed by atoms with van der Waals surface area (Å²) in [4.78, 5) is 0.363. The normalized spacial score (nSPS) is 16.2. The van der Waals surface area contributed by atoms with Crippen LogP contribution in [0.4, 0.5) is 0 Å². The summed E-state index contributed by atoms with van der Waals surface area (Å²) in [7, 11) is 1.74. The van der Waals surface area contributed by atoms with Gasteiger partial charge in [-0.05, 0) is 0 Å². The van der Waals surface area contributed by atoms with E-state index in [0.717, 1.165) is 6.42 Å². The van der Waals surface area contributed by atoms with E-state index in [1.54, 1.807) is 14.0 Å². The van der Waals surface area contributed by atoms with Crippen molar-refractivity contribution in [2.45, 2.75) is 49.6 Å². The summed E-state index contributed by atoms with van der Waals surface area (Å²) in [5, 5.41) is 10.0. The Hall–Kier alpha value is -0.781. The van der Waals surface area contributed by atoms with Crippen LogP contribution in [-0.2, 0) is 4.74 Å². The van der Waals surface area contributed by atoms with Crippen LogP contribution < -0.4 is 4.46 Å². The predicted octanol–water partition coefficient (Wildman–Crippen LogP) is 2.39. The van der Waals surface area contributed by atoms with Crippen molar-refractivity contribution in [3.8, 4) is 12.3 Å². The molecule has 0 fully saturated rings. The molecule has 110 valence electrons. The fourth-order valence-electron chi connectivity index (χ4n) is 1.83. The molecule has 0 aliphatic rings. The minimum atomic E-state index is -1.03. The molecule has 0 radical (unpaired) electrons. The zero-order valence-corrected chi connectivity index (χ0v) is 14.4. The van der Waals surface area contributed by atoms with Gasteiger partial charge in [0.15, 0.2) is 0 Å². The molecule has 0 saturated carbocycles. The van der Waals surface area contributed by atoms with Crippen LogP contribution in [0.1, 0.15) is 33.6 Å². The Morgan fingerprint density at radius 1 is 1.30 bits per heavy atom. The summed E-state index contributed by atoms with van der Waals surface area (Å²) < 4.78 is 7.00. The summed E-state index contributed by atoms with van der Waals surface area (Å²) in [6, 6.07) is 10.5. The van der Waals surface area contributed by atoms with Crippen LogP contribution in [0.15, 0.2) is 30.3 Å². The van der Waals surface area contributed by atoms with E-state index >= 15 is 0 Å². The summed E-state index contributed by atoms with van der Waals surface area (Å²) in [5.74, 6) is 2.45. The number of hydrogen-bond acceptors (Lipinski definition) is 2. The molecule has 0 heterocycles. The Balaban J connectivity index is 2.79. The molecule has 0 aliphatic carbocycles. The van der Waals surface area contributed by atoms with Gasteiger partial charge in [-0.3, -0.25) is 0 Å². The number of hydrogen-bond donors (Lipinski definition) is 1. The van der Waals surface area contributed by atoms with E-state index in [1.165, 1.54) is 4.46 Å². The van der Waals surface area contributed by atoms with Crippen LogP contribution in [0, 0.1) is 12.3 Å². The van der Waals surface area contributed by atoms with Crippen LogP contribution in [-0.4, -0.2) is 38.4 Å². The standard InChI is InChI=1S/C17H24O2Se/c1-6-17(4,18)13-12-15(16(2,3)19-5)20-14-10-8-7-9-11-14/h1,7-11,15,18H,12-13H2,2-5H3. The fraction of sp³-hybridized carbons (Fsp3) is 0.529. The zero-order valence-electron chi connectivity index (χ0n) is 12.7. The molecular formula is C17H24O2Se. The van der Waals surface area contributed by atoms with E-state index in [-0.39, 0.29) is 20.6 Å². The monoisotopic (exact) mass is 340 g/mol. The second-order valence-electron chi connectivity index (χ2n) is 5.68. The van der Waals surface area contributed by atoms with E-state index in [4.69, 9.17) is 11.2 Å². The maximum atomic E-state index is 10.0. The molecule has 3 heteroatoms. The summed E-state index contributed by atoms with van der Waals surface area (Å²) in [5.41, 5.74) is -1.25. The molecule has 2 nitrogen and oxygen atoms in total. The first-order valence-electron chi connectivity index (χ1n) is 6.78. The number of aliphatic hydroxyl groups is 1. The SMILES string of the molecule is C#CC(C)(O)CCC([Se]c1ccccc1)C(C)(C)OC. The van der Waals surface area contributed by atoms with Gasteiger partial charge in [0.2, 0.25) is 0 Å². The first-order valence-corrected chi connectivity index (χ1v) is 8.62. The molecular weight excluding hydrogens is 315 g/mol. The van der Waals surface area contributed by atoms with Crippen molar-refractivity contribution in [1.82, 2.24) is 0 Å². The van der Waals surface area contributed by atoms with Gasteiger partial charge in [0.25, 0.3) is 0 Å². The van der Waals surface area contributed by atoms with Gasteiger partial charge in [0, 0.05) is 0 Å². The van der Waals surface area contributed by atoms with Crippen molar-refractivity contribution >= 4 is 19.4 Å². The quantitative estimate of drug-likeness (QED) is 0.611. The Bertz CT molecular complexity index is 446. The van der Waals surface area contributed by atoms with E-state index in [2.05, 4.69) is 44.0 Å². The molecule has 1 aromatic rings. The Kier molecular flexibility index (Phi) is 6.30. The van der Waals surface area contributed by atoms with Gasteiger partial charge in [-0.2, -0.15) is 0 Å². The fourth-order valence-corrected chi connectivity index (χ4v) is 4.47. The molecule has 2 unspecified atom stereocenters. The molecule has 1 N–H and O–H groups in total. The van der Waals surface area contributed by atoms with Gasteiger partial charge < -0.3 is 0 Å². The zero-order chi connectivity index (χ0) is 15.2. The number of ether oxygens (including phenoxy) is 1. The molecule has 1 rings (SSSR count). The van der Waals surface area contributed by atoms with Crippen molar-refractivity contribution in [1.29, 1.82) is 0 Å². The number of methoxy groups -OCH3 is 1. The average molecular weight is 339 g/mol. The average Bonchev–Trinajstić information content (AvgIpc) is 2.44. The predicted molar refractivity (Wildman–Crippen MR) is 85.4 cm³/mol. The van der Waals surface area contributed by atoms with Crippen LogP contribution >= 0.6 is 0 Å². The third kappa shape index (κ3) is 5.31. The molecule has 0 aromatic heterocycles. The van der Waals surface area contributed by atoms with Crippen molar-refractivity contribution in [2.75, 3.05) is 7.11 Å². The Labute approximate surface area is 129 Å². The van der Waals surface area contributed by atoms with Gasteiger partial charge in [0.1, 0.15) is 0 Å². The number of benzene rings is 1. The molecule has 2 atom stereocenters. The molecule has 1 aromatic carbocycles. The molecule has 0 spiro atoms. The van der Waals surface area contributed by atoms with Crippen molar-refractivity contribution in [3.05, 3.63) is 30.3 Å². The van der Waals surface area contributed by atoms with Gasteiger partial charge in [-0.25, -0.2) is 0 Å². The number of rotatable bonds is 7. The van der Waals surface area contributed by atoms with E-state index < -0.39 is 5.60 Å². The Morgan fingerprint density at radius 3 is 2.40 bits per heavy atom. The summed E-state index contributed by atoms with van der Waals surface area (Å²) in [6.45, 7) is 5.90. The third-order valence-electron chi connectivity index (χ3n) is 3.53. The van der Waals surface area contributed by atoms with Crippen LogP contribution in [0.5, 0.6) is 0 Å². The second-order valence-corrected chi connectivity index (χ2v) is 8.36. The topological polar surface area (TPSA) is 29.5 Å². The number of terminal acetylenes is 1. The summed E-state index contributed by atoms with van der Waals surface area (Å²) >= 11 is 0.283. The van der Waals surface area contributed by atoms with E-state index in [1.807, 2.05) is 6.07 Å². The van der Waals surface area contributed by atoms with Crippen LogP contribution in [0.3, 0.4) is 0 Å². The second kappa shape index (κ2) is 7.29. The van der Waals surface area contributed by atoms with Crippen LogP contribution in [0.25, 0.3) is 0 Å². The van der Waals surface area contributed by atoms with Gasteiger partial charge in [0.05, 0.1) is 0 Å². The van der Waals surface area contributed by atoms with Gasteiger partial charge >= 0.3 is 129 Å². The third-order valence-corrected chi connectivity index (χ3v) is 6.95. The van der Waals surface area contributed by atoms with Gasteiger partial charge in [-0.1, -0.05) is 0 Å². The van der Waals surface area contributed by atoms with E-state index in [0.29, 0.717) is 11.2 Å². The molecule has 0 saturated heterocycles. The molecule has 0 amide bonds. The van der Waals surface area contributed by atoms with E-state index in [9.17, 15) is 5.11 Å². The minimum absolute atomic E-state index is 0.222. The van der Waals surface area contributed by atoms with Crippen molar-refractivity contribution < 1.29 is 9.84 Å². The summed E-state index contributed by atoms with van der Waals surface area (Å²) in [6.07, 6.45) is 6.81. The molecule has 0 aliphatic heterocycles. The van der Waals surface area contributed by atoms with Crippen molar-refractivity contribution in [3.63, 3.8) is 0 Å². The first-order chi connectivity index (χ1) is 9.30. The maximum absolute atomic E-state index is 10.0.